The Kier molecular flexibility index (Phi) is 4.19. The van der Waals surface area contributed by atoms with Crippen molar-refractivity contribution in [2.45, 2.75) is 45.3 Å². The lowest BCUT2D eigenvalue weighted by atomic mass is 10.1. The van der Waals surface area contributed by atoms with Gasteiger partial charge in [-0.15, -0.1) is 0 Å². The Morgan fingerprint density at radius 2 is 2.05 bits per heavy atom. The Bertz CT molecular complexity index is 595. The SMILES string of the molecule is CC(C)(C)[Si](C)(C)OC1=CCC(=O)C1=Cc1cccnc1. The first-order valence-corrected chi connectivity index (χ1v) is 10.2. The van der Waals surface area contributed by atoms with Gasteiger partial charge in [0.2, 0.25) is 8.32 Å². The minimum Gasteiger partial charge on any atom is -0.543 e. The fourth-order valence-corrected chi connectivity index (χ4v) is 2.90. The second kappa shape index (κ2) is 5.60. The van der Waals surface area contributed by atoms with E-state index in [9.17, 15) is 4.79 Å². The Morgan fingerprint density at radius 1 is 1.33 bits per heavy atom. The number of aromatic nitrogens is 1. The standard InChI is InChI=1S/C17H23NO2Si/c1-17(2,3)21(4,5)20-16-9-8-15(19)14(16)11-13-7-6-10-18-12-13/h6-7,9-12H,8H2,1-5H3. The molecule has 0 bridgehead atoms. The zero-order valence-electron chi connectivity index (χ0n) is 13.4. The lowest BCUT2D eigenvalue weighted by molar-refractivity contribution is -0.114. The molecule has 0 saturated carbocycles. The quantitative estimate of drug-likeness (QED) is 0.615. The molecule has 1 aliphatic rings. The minimum absolute atomic E-state index is 0.110. The molecule has 0 saturated heterocycles. The summed E-state index contributed by atoms with van der Waals surface area (Å²) in [4.78, 5) is 16.2. The molecule has 1 aromatic rings. The molecule has 3 nitrogen and oxygen atoms in total. The summed E-state index contributed by atoms with van der Waals surface area (Å²) in [5, 5.41) is 0.110. The van der Waals surface area contributed by atoms with Gasteiger partial charge in [0.05, 0.1) is 5.57 Å². The number of rotatable bonds is 3. The number of carbonyl (C=O) groups excluding carboxylic acids is 1. The number of carbonyl (C=O) groups is 1. The third kappa shape index (κ3) is 3.50. The van der Waals surface area contributed by atoms with Crippen LogP contribution >= 0.6 is 0 Å². The molecule has 112 valence electrons. The molecule has 1 aliphatic carbocycles. The van der Waals surface area contributed by atoms with Crippen LogP contribution in [0.5, 0.6) is 0 Å². The van der Waals surface area contributed by atoms with Gasteiger partial charge in [0, 0.05) is 18.8 Å². The second-order valence-electron chi connectivity index (χ2n) is 6.90. The molecule has 0 aliphatic heterocycles. The van der Waals surface area contributed by atoms with Crippen LogP contribution in [0.4, 0.5) is 0 Å². The Balaban J connectivity index is 2.28. The molecule has 0 aromatic carbocycles. The van der Waals surface area contributed by atoms with E-state index in [0.29, 0.717) is 12.0 Å². The number of Topliss-reactive ketones (excluding diaryl/α,β-unsaturated/α-hetero) is 1. The fourth-order valence-electron chi connectivity index (χ4n) is 1.85. The van der Waals surface area contributed by atoms with Crippen LogP contribution in [0.15, 0.2) is 41.9 Å². The molecule has 4 heteroatoms. The average molecular weight is 301 g/mol. The maximum absolute atomic E-state index is 12.1. The first-order valence-electron chi connectivity index (χ1n) is 7.25. The van der Waals surface area contributed by atoms with Crippen LogP contribution in [-0.4, -0.2) is 19.1 Å². The monoisotopic (exact) mass is 301 g/mol. The van der Waals surface area contributed by atoms with E-state index >= 15 is 0 Å². The molecule has 2 rings (SSSR count). The van der Waals surface area contributed by atoms with Crippen molar-refractivity contribution >= 4 is 20.2 Å². The van der Waals surface area contributed by atoms with E-state index in [0.717, 1.165) is 11.3 Å². The summed E-state index contributed by atoms with van der Waals surface area (Å²) in [6.45, 7) is 11.0. The van der Waals surface area contributed by atoms with Crippen molar-refractivity contribution in [3.8, 4) is 0 Å². The molecular formula is C17H23NO2Si. The van der Waals surface area contributed by atoms with Gasteiger partial charge in [0.1, 0.15) is 5.76 Å². The molecule has 0 atom stereocenters. The van der Waals surface area contributed by atoms with E-state index in [2.05, 4.69) is 38.8 Å². The summed E-state index contributed by atoms with van der Waals surface area (Å²) in [5.74, 6) is 0.864. The van der Waals surface area contributed by atoms with Crippen molar-refractivity contribution < 1.29 is 9.22 Å². The topological polar surface area (TPSA) is 39.2 Å². The van der Waals surface area contributed by atoms with Crippen molar-refractivity contribution in [1.82, 2.24) is 4.98 Å². The van der Waals surface area contributed by atoms with Crippen LogP contribution in [0.25, 0.3) is 6.08 Å². The Hall–Kier alpha value is -1.68. The molecular weight excluding hydrogens is 278 g/mol. The Morgan fingerprint density at radius 3 is 2.62 bits per heavy atom. The lowest BCUT2D eigenvalue weighted by Gasteiger charge is -2.37. The highest BCUT2D eigenvalue weighted by molar-refractivity contribution is 6.74. The third-order valence-corrected chi connectivity index (χ3v) is 8.55. The summed E-state index contributed by atoms with van der Waals surface area (Å²) >= 11 is 0. The van der Waals surface area contributed by atoms with Crippen molar-refractivity contribution in [2.24, 2.45) is 0 Å². The minimum atomic E-state index is -1.94. The van der Waals surface area contributed by atoms with E-state index in [1.165, 1.54) is 0 Å². The second-order valence-corrected chi connectivity index (χ2v) is 11.6. The van der Waals surface area contributed by atoms with Crippen molar-refractivity contribution in [3.05, 3.63) is 47.5 Å². The van der Waals surface area contributed by atoms with Gasteiger partial charge in [-0.3, -0.25) is 9.78 Å². The average Bonchev–Trinajstić information content (AvgIpc) is 2.71. The number of ketones is 1. The number of nitrogens with zero attached hydrogens (tertiary/aromatic N) is 1. The van der Waals surface area contributed by atoms with Crippen molar-refractivity contribution in [3.63, 3.8) is 0 Å². The molecule has 1 aromatic heterocycles. The molecule has 0 spiro atoms. The van der Waals surface area contributed by atoms with Gasteiger partial charge in [-0.25, -0.2) is 0 Å². The molecule has 0 fully saturated rings. The molecule has 0 amide bonds. The van der Waals surface area contributed by atoms with E-state index in [1.807, 2.05) is 24.3 Å². The Labute approximate surface area is 127 Å². The molecule has 21 heavy (non-hydrogen) atoms. The van der Waals surface area contributed by atoms with Crippen LogP contribution in [0.3, 0.4) is 0 Å². The maximum atomic E-state index is 12.1. The molecule has 0 unspecified atom stereocenters. The molecule has 0 N–H and O–H groups in total. The van der Waals surface area contributed by atoms with Gasteiger partial charge in [0.15, 0.2) is 5.78 Å². The van der Waals surface area contributed by atoms with Gasteiger partial charge in [-0.2, -0.15) is 0 Å². The number of pyridine rings is 1. The lowest BCUT2D eigenvalue weighted by Crippen LogP contribution is -2.40. The van der Waals surface area contributed by atoms with Crippen LogP contribution in [0.2, 0.25) is 18.1 Å². The van der Waals surface area contributed by atoms with Gasteiger partial charge in [0.25, 0.3) is 0 Å². The smallest absolute Gasteiger partial charge is 0.250 e. The van der Waals surface area contributed by atoms with Gasteiger partial charge >= 0.3 is 0 Å². The van der Waals surface area contributed by atoms with Gasteiger partial charge in [-0.05, 0) is 41.9 Å². The highest BCUT2D eigenvalue weighted by atomic mass is 28.4. The third-order valence-electron chi connectivity index (χ3n) is 4.21. The van der Waals surface area contributed by atoms with Crippen molar-refractivity contribution in [2.75, 3.05) is 0 Å². The van der Waals surface area contributed by atoms with Crippen molar-refractivity contribution in [1.29, 1.82) is 0 Å². The van der Waals surface area contributed by atoms with E-state index in [4.69, 9.17) is 4.43 Å². The summed E-state index contributed by atoms with van der Waals surface area (Å²) in [6.07, 6.45) is 7.69. The highest BCUT2D eigenvalue weighted by Gasteiger charge is 2.40. The zero-order valence-corrected chi connectivity index (χ0v) is 14.4. The zero-order chi connectivity index (χ0) is 15.7. The summed E-state index contributed by atoms with van der Waals surface area (Å²) in [6, 6.07) is 3.81. The summed E-state index contributed by atoms with van der Waals surface area (Å²) in [5.41, 5.74) is 1.60. The number of hydrogen-bond donors (Lipinski definition) is 0. The van der Waals surface area contributed by atoms with E-state index in [1.54, 1.807) is 12.4 Å². The molecule has 1 heterocycles. The van der Waals surface area contributed by atoms with Crippen LogP contribution < -0.4 is 0 Å². The fraction of sp³-hybridized carbons (Fsp3) is 0.412. The largest absolute Gasteiger partial charge is 0.543 e. The predicted molar refractivity (Wildman–Crippen MR) is 88.2 cm³/mol. The number of allylic oxidation sites excluding steroid dienone is 2. The first-order chi connectivity index (χ1) is 9.71. The summed E-state index contributed by atoms with van der Waals surface area (Å²) in [7, 11) is -1.94. The van der Waals surface area contributed by atoms with E-state index < -0.39 is 8.32 Å². The summed E-state index contributed by atoms with van der Waals surface area (Å²) < 4.78 is 6.31. The van der Waals surface area contributed by atoms with Gasteiger partial charge in [-0.1, -0.05) is 26.8 Å². The maximum Gasteiger partial charge on any atom is 0.250 e. The number of hydrogen-bond acceptors (Lipinski definition) is 3. The first kappa shape index (κ1) is 15.7. The highest BCUT2D eigenvalue weighted by Crippen LogP contribution is 2.40. The normalized spacial score (nSPS) is 18.0. The van der Waals surface area contributed by atoms with E-state index in [-0.39, 0.29) is 10.8 Å². The van der Waals surface area contributed by atoms with Crippen LogP contribution in [0, 0.1) is 0 Å². The molecule has 0 radical (unpaired) electrons. The van der Waals surface area contributed by atoms with Gasteiger partial charge < -0.3 is 4.43 Å². The predicted octanol–water partition coefficient (Wildman–Crippen LogP) is 4.34. The van der Waals surface area contributed by atoms with Crippen LogP contribution in [0.1, 0.15) is 32.8 Å². The van der Waals surface area contributed by atoms with Crippen LogP contribution in [-0.2, 0) is 9.22 Å².